The standard InChI is InChI=1S/C10H13I.Zn/c1-9-4-6-10(7-5-9)3-2-8-11;/h4-7H,2-3,8H2,1H3;/q;+2. The molecule has 0 spiro atoms. The van der Waals surface area contributed by atoms with Gasteiger partial charge in [-0.25, -0.2) is 0 Å². The normalized spacial score (nSPS) is 9.17. The summed E-state index contributed by atoms with van der Waals surface area (Å²) in [5.74, 6) is 0. The zero-order valence-electron chi connectivity index (χ0n) is 7.52. The maximum atomic E-state index is 2.42. The summed E-state index contributed by atoms with van der Waals surface area (Å²) in [5, 5.41) is 0. The van der Waals surface area contributed by atoms with Crippen molar-refractivity contribution < 1.29 is 19.5 Å². The molecule has 0 aliphatic carbocycles. The van der Waals surface area contributed by atoms with Gasteiger partial charge < -0.3 is 0 Å². The molecule has 0 saturated carbocycles. The molecule has 0 nitrogen and oxygen atoms in total. The van der Waals surface area contributed by atoms with Crippen molar-refractivity contribution in [3.63, 3.8) is 0 Å². The van der Waals surface area contributed by atoms with Crippen LogP contribution >= 0.6 is 22.6 Å². The molecule has 1 aromatic rings. The van der Waals surface area contributed by atoms with E-state index in [0.717, 1.165) is 0 Å². The van der Waals surface area contributed by atoms with Gasteiger partial charge in [-0.3, -0.25) is 0 Å². The molecule has 60 valence electrons. The Morgan fingerprint density at radius 1 is 1.17 bits per heavy atom. The van der Waals surface area contributed by atoms with Crippen LogP contribution in [0.5, 0.6) is 0 Å². The first-order valence-corrected chi connectivity index (χ1v) is 5.47. The number of alkyl halides is 1. The molecular weight excluding hydrogens is 312 g/mol. The first kappa shape index (κ1) is 12.6. The third-order valence-electron chi connectivity index (χ3n) is 1.72. The molecule has 0 aliphatic heterocycles. The fourth-order valence-electron chi connectivity index (χ4n) is 1.03. The van der Waals surface area contributed by atoms with Crippen LogP contribution in [-0.2, 0) is 25.9 Å². The molecule has 0 saturated heterocycles. The van der Waals surface area contributed by atoms with Gasteiger partial charge in [-0.2, -0.15) is 0 Å². The smallest absolute Gasteiger partial charge is 0.0864 e. The van der Waals surface area contributed by atoms with Crippen molar-refractivity contribution in [2.45, 2.75) is 19.8 Å². The van der Waals surface area contributed by atoms with E-state index in [1.54, 1.807) is 0 Å². The molecule has 12 heavy (non-hydrogen) atoms. The minimum atomic E-state index is 0. The Kier molecular flexibility index (Phi) is 7.36. The second-order valence-corrected chi connectivity index (χ2v) is 3.86. The van der Waals surface area contributed by atoms with E-state index in [9.17, 15) is 0 Å². The van der Waals surface area contributed by atoms with Crippen molar-refractivity contribution in [1.82, 2.24) is 0 Å². The van der Waals surface area contributed by atoms with Crippen LogP contribution in [0.15, 0.2) is 24.3 Å². The maximum absolute atomic E-state index is 2.42. The molecule has 0 radical (unpaired) electrons. The monoisotopic (exact) mass is 324 g/mol. The molecule has 0 fully saturated rings. The Bertz CT molecular complexity index is 206. The third kappa shape index (κ3) is 4.56. The Morgan fingerprint density at radius 3 is 2.25 bits per heavy atom. The molecule has 0 bridgehead atoms. The van der Waals surface area contributed by atoms with Gasteiger partial charge in [0.1, 0.15) is 0 Å². The zero-order chi connectivity index (χ0) is 8.10. The Labute approximate surface area is 101 Å². The van der Waals surface area contributed by atoms with Crippen molar-refractivity contribution in [2.75, 3.05) is 4.43 Å². The molecule has 0 unspecified atom stereocenters. The van der Waals surface area contributed by atoms with Crippen molar-refractivity contribution in [3.8, 4) is 0 Å². The Morgan fingerprint density at radius 2 is 1.75 bits per heavy atom. The minimum Gasteiger partial charge on any atom is -0.0864 e. The van der Waals surface area contributed by atoms with Crippen LogP contribution in [0.3, 0.4) is 0 Å². The number of rotatable bonds is 3. The quantitative estimate of drug-likeness (QED) is 0.454. The molecular formula is C10H13IZn+2. The minimum absolute atomic E-state index is 0. The van der Waals surface area contributed by atoms with Gasteiger partial charge in [0.2, 0.25) is 0 Å². The molecule has 0 N–H and O–H groups in total. The average molecular weight is 326 g/mol. The van der Waals surface area contributed by atoms with E-state index in [2.05, 4.69) is 53.8 Å². The van der Waals surface area contributed by atoms with E-state index in [0.29, 0.717) is 0 Å². The summed E-state index contributed by atoms with van der Waals surface area (Å²) in [6.45, 7) is 2.13. The SMILES string of the molecule is Cc1ccc(CCCI)cc1.[Zn+2]. The summed E-state index contributed by atoms with van der Waals surface area (Å²) in [4.78, 5) is 0. The van der Waals surface area contributed by atoms with Crippen molar-refractivity contribution >= 4 is 22.6 Å². The summed E-state index contributed by atoms with van der Waals surface area (Å²) >= 11 is 2.42. The largest absolute Gasteiger partial charge is 2.00 e. The van der Waals surface area contributed by atoms with Crippen LogP contribution in [-0.4, -0.2) is 4.43 Å². The first-order valence-electron chi connectivity index (χ1n) is 3.94. The third-order valence-corrected chi connectivity index (χ3v) is 2.48. The van der Waals surface area contributed by atoms with Crippen molar-refractivity contribution in [2.24, 2.45) is 0 Å². The maximum Gasteiger partial charge on any atom is 2.00 e. The molecule has 0 amide bonds. The Balaban J connectivity index is 0.00000121. The number of hydrogen-bond donors (Lipinski definition) is 0. The van der Waals surface area contributed by atoms with Crippen LogP contribution in [0.2, 0.25) is 0 Å². The summed E-state index contributed by atoms with van der Waals surface area (Å²) in [6.07, 6.45) is 2.52. The first-order chi connectivity index (χ1) is 5.33. The van der Waals surface area contributed by atoms with Crippen LogP contribution in [0, 0.1) is 6.92 Å². The fraction of sp³-hybridized carbons (Fsp3) is 0.400. The van der Waals surface area contributed by atoms with E-state index in [1.165, 1.54) is 28.4 Å². The summed E-state index contributed by atoms with van der Waals surface area (Å²) in [7, 11) is 0. The van der Waals surface area contributed by atoms with Crippen molar-refractivity contribution in [3.05, 3.63) is 35.4 Å². The number of hydrogen-bond acceptors (Lipinski definition) is 0. The summed E-state index contributed by atoms with van der Waals surface area (Å²) in [6, 6.07) is 8.81. The van der Waals surface area contributed by atoms with Crippen LogP contribution in [0.25, 0.3) is 0 Å². The molecule has 0 atom stereocenters. The molecule has 1 aromatic carbocycles. The van der Waals surface area contributed by atoms with E-state index < -0.39 is 0 Å². The van der Waals surface area contributed by atoms with Gasteiger partial charge in [-0.1, -0.05) is 52.4 Å². The van der Waals surface area contributed by atoms with Gasteiger partial charge in [-0.15, -0.1) is 0 Å². The zero-order valence-corrected chi connectivity index (χ0v) is 12.6. The number of benzene rings is 1. The van der Waals surface area contributed by atoms with E-state index in [4.69, 9.17) is 0 Å². The molecule has 2 heteroatoms. The predicted molar refractivity (Wildman–Crippen MR) is 58.4 cm³/mol. The van der Waals surface area contributed by atoms with E-state index >= 15 is 0 Å². The van der Waals surface area contributed by atoms with Gasteiger partial charge >= 0.3 is 19.5 Å². The molecule has 0 heterocycles. The second kappa shape index (κ2) is 7.02. The number of halogens is 1. The van der Waals surface area contributed by atoms with E-state index in [1.807, 2.05) is 0 Å². The fourth-order valence-corrected chi connectivity index (χ4v) is 1.41. The van der Waals surface area contributed by atoms with Gasteiger partial charge in [0.05, 0.1) is 0 Å². The van der Waals surface area contributed by atoms with Crippen LogP contribution < -0.4 is 0 Å². The summed E-state index contributed by atoms with van der Waals surface area (Å²) < 4.78 is 1.26. The van der Waals surface area contributed by atoms with Crippen LogP contribution in [0.1, 0.15) is 17.5 Å². The summed E-state index contributed by atoms with van der Waals surface area (Å²) in [5.41, 5.74) is 2.82. The molecule has 1 rings (SSSR count). The predicted octanol–water partition coefficient (Wildman–Crippen LogP) is 3.36. The van der Waals surface area contributed by atoms with Crippen molar-refractivity contribution in [1.29, 1.82) is 0 Å². The van der Waals surface area contributed by atoms with Crippen LogP contribution in [0.4, 0.5) is 0 Å². The molecule has 0 aromatic heterocycles. The van der Waals surface area contributed by atoms with Gasteiger partial charge in [-0.05, 0) is 29.8 Å². The number of aryl methyl sites for hydroxylation is 2. The average Bonchev–Trinajstić information content (AvgIpc) is 2.04. The van der Waals surface area contributed by atoms with Gasteiger partial charge in [0, 0.05) is 0 Å². The topological polar surface area (TPSA) is 0 Å². The molecule has 0 aliphatic rings. The Hall–Kier alpha value is 0.573. The van der Waals surface area contributed by atoms with Gasteiger partial charge in [0.25, 0.3) is 0 Å². The second-order valence-electron chi connectivity index (χ2n) is 2.78. The van der Waals surface area contributed by atoms with E-state index in [-0.39, 0.29) is 19.5 Å². The van der Waals surface area contributed by atoms with Gasteiger partial charge in [0.15, 0.2) is 0 Å².